The van der Waals surface area contributed by atoms with E-state index < -0.39 is 11.7 Å². The van der Waals surface area contributed by atoms with Crippen molar-refractivity contribution >= 4 is 28.9 Å². The quantitative estimate of drug-likeness (QED) is 0.794. The van der Waals surface area contributed by atoms with E-state index in [9.17, 15) is 18.3 Å². The molecule has 0 aliphatic rings. The number of phenolic OH excluding ortho intramolecular Hbond substituents is 1. The lowest BCUT2D eigenvalue weighted by atomic mass is 10.1. The largest absolute Gasteiger partial charge is 0.508 e. The highest BCUT2D eigenvalue weighted by molar-refractivity contribution is 6.33. The Balaban J connectivity index is 2.15. The number of hydrogen-bond acceptors (Lipinski definition) is 2. The zero-order valence-corrected chi connectivity index (χ0v) is 12.0. The lowest BCUT2D eigenvalue weighted by Gasteiger charge is -2.12. The van der Waals surface area contributed by atoms with Crippen LogP contribution in [0.4, 0.5) is 18.9 Å². The summed E-state index contributed by atoms with van der Waals surface area (Å²) in [5.41, 5.74) is 0.0335. The monoisotopic (exact) mass is 335 g/mol. The van der Waals surface area contributed by atoms with E-state index in [0.29, 0.717) is 16.3 Å². The summed E-state index contributed by atoms with van der Waals surface area (Å²) in [6, 6.07) is 7.56. The third-order valence-electron chi connectivity index (χ3n) is 2.81. The summed E-state index contributed by atoms with van der Waals surface area (Å²) in [5.74, 6) is 0.0370. The standard InChI is InChI=1S/C14H10Cl2F3NO/c15-10-2-4-13(21)8(5-10)7-20-12-3-1-9(6-11(12)16)14(17,18)19/h1-6,20-21H,7H2. The van der Waals surface area contributed by atoms with E-state index >= 15 is 0 Å². The number of anilines is 1. The van der Waals surface area contributed by atoms with Gasteiger partial charge in [-0.25, -0.2) is 0 Å². The molecule has 0 fully saturated rings. The van der Waals surface area contributed by atoms with Crippen molar-refractivity contribution < 1.29 is 18.3 Å². The number of phenols is 1. The molecule has 0 heterocycles. The van der Waals surface area contributed by atoms with E-state index in [-0.39, 0.29) is 17.3 Å². The van der Waals surface area contributed by atoms with Gasteiger partial charge in [0.25, 0.3) is 0 Å². The maximum absolute atomic E-state index is 12.5. The zero-order valence-electron chi connectivity index (χ0n) is 10.5. The van der Waals surface area contributed by atoms with Gasteiger partial charge >= 0.3 is 6.18 Å². The summed E-state index contributed by atoms with van der Waals surface area (Å²) in [6.45, 7) is 0.178. The van der Waals surface area contributed by atoms with E-state index in [2.05, 4.69) is 5.32 Å². The molecule has 2 rings (SSSR count). The molecule has 0 saturated heterocycles. The number of hydrogen-bond donors (Lipinski definition) is 2. The van der Waals surface area contributed by atoms with Crippen molar-refractivity contribution in [2.45, 2.75) is 12.7 Å². The van der Waals surface area contributed by atoms with E-state index in [1.54, 1.807) is 6.07 Å². The van der Waals surface area contributed by atoms with Crippen LogP contribution in [0.25, 0.3) is 0 Å². The van der Waals surface area contributed by atoms with Crippen molar-refractivity contribution in [1.82, 2.24) is 0 Å². The molecule has 0 aliphatic carbocycles. The summed E-state index contributed by atoms with van der Waals surface area (Å²) in [6.07, 6.45) is -4.44. The molecule has 0 spiro atoms. The highest BCUT2D eigenvalue weighted by atomic mass is 35.5. The molecule has 0 bridgehead atoms. The third-order valence-corrected chi connectivity index (χ3v) is 3.36. The first-order chi connectivity index (χ1) is 9.77. The lowest BCUT2D eigenvalue weighted by molar-refractivity contribution is -0.137. The fraction of sp³-hybridized carbons (Fsp3) is 0.143. The molecular weight excluding hydrogens is 326 g/mol. The van der Waals surface area contributed by atoms with Crippen LogP contribution in [-0.2, 0) is 12.7 Å². The van der Waals surface area contributed by atoms with Crippen LogP contribution in [0.1, 0.15) is 11.1 Å². The minimum absolute atomic E-state index is 0.0370. The van der Waals surface area contributed by atoms with Crippen molar-refractivity contribution in [1.29, 1.82) is 0 Å². The number of rotatable bonds is 3. The Hall–Kier alpha value is -1.59. The molecular formula is C14H10Cl2F3NO. The van der Waals surface area contributed by atoms with Crippen molar-refractivity contribution in [3.8, 4) is 5.75 Å². The van der Waals surface area contributed by atoms with Gasteiger partial charge in [-0.3, -0.25) is 0 Å². The Morgan fingerprint density at radius 1 is 1.05 bits per heavy atom. The molecule has 2 aromatic rings. The van der Waals surface area contributed by atoms with Crippen LogP contribution in [-0.4, -0.2) is 5.11 Å². The van der Waals surface area contributed by atoms with Crippen LogP contribution in [0.5, 0.6) is 5.75 Å². The summed E-state index contributed by atoms with van der Waals surface area (Å²) in [7, 11) is 0. The van der Waals surface area contributed by atoms with Crippen LogP contribution in [0.15, 0.2) is 36.4 Å². The van der Waals surface area contributed by atoms with Gasteiger partial charge in [-0.15, -0.1) is 0 Å². The summed E-state index contributed by atoms with van der Waals surface area (Å²) >= 11 is 11.6. The average Bonchev–Trinajstić information content (AvgIpc) is 2.40. The van der Waals surface area contributed by atoms with Crippen molar-refractivity contribution in [2.75, 3.05) is 5.32 Å². The van der Waals surface area contributed by atoms with Crippen molar-refractivity contribution in [3.63, 3.8) is 0 Å². The van der Waals surface area contributed by atoms with Gasteiger partial charge in [0.15, 0.2) is 0 Å². The Morgan fingerprint density at radius 2 is 1.76 bits per heavy atom. The predicted molar refractivity (Wildman–Crippen MR) is 76.9 cm³/mol. The molecule has 0 atom stereocenters. The minimum Gasteiger partial charge on any atom is -0.508 e. The van der Waals surface area contributed by atoms with Gasteiger partial charge in [-0.1, -0.05) is 23.2 Å². The van der Waals surface area contributed by atoms with Gasteiger partial charge in [0, 0.05) is 17.1 Å². The first-order valence-electron chi connectivity index (χ1n) is 5.85. The second-order valence-electron chi connectivity index (χ2n) is 4.32. The maximum atomic E-state index is 12.5. The van der Waals surface area contributed by atoms with E-state index in [1.807, 2.05) is 0 Å². The maximum Gasteiger partial charge on any atom is 0.416 e. The minimum atomic E-state index is -4.44. The second kappa shape index (κ2) is 6.03. The van der Waals surface area contributed by atoms with Gasteiger partial charge in [0.2, 0.25) is 0 Å². The third kappa shape index (κ3) is 3.95. The Kier molecular flexibility index (Phi) is 4.54. The molecule has 21 heavy (non-hydrogen) atoms. The number of alkyl halides is 3. The smallest absolute Gasteiger partial charge is 0.416 e. The van der Waals surface area contributed by atoms with Crippen LogP contribution in [0.2, 0.25) is 10.0 Å². The summed E-state index contributed by atoms with van der Waals surface area (Å²) < 4.78 is 37.6. The Bertz CT molecular complexity index is 659. The topological polar surface area (TPSA) is 32.3 Å². The molecule has 2 N–H and O–H groups in total. The molecule has 0 aliphatic heterocycles. The van der Waals surface area contributed by atoms with E-state index in [1.165, 1.54) is 18.2 Å². The molecule has 0 amide bonds. The van der Waals surface area contributed by atoms with Gasteiger partial charge < -0.3 is 10.4 Å². The van der Waals surface area contributed by atoms with Gasteiger partial charge in [-0.2, -0.15) is 13.2 Å². The normalized spacial score (nSPS) is 11.5. The number of nitrogens with one attached hydrogen (secondary N) is 1. The molecule has 0 saturated carbocycles. The van der Waals surface area contributed by atoms with Crippen LogP contribution in [0, 0.1) is 0 Å². The molecule has 7 heteroatoms. The molecule has 0 radical (unpaired) electrons. The second-order valence-corrected chi connectivity index (χ2v) is 5.16. The summed E-state index contributed by atoms with van der Waals surface area (Å²) in [4.78, 5) is 0. The van der Waals surface area contributed by atoms with Crippen LogP contribution >= 0.6 is 23.2 Å². The highest BCUT2D eigenvalue weighted by Crippen LogP contribution is 2.34. The van der Waals surface area contributed by atoms with E-state index in [4.69, 9.17) is 23.2 Å². The van der Waals surface area contributed by atoms with Crippen LogP contribution in [0.3, 0.4) is 0 Å². The Morgan fingerprint density at radius 3 is 2.38 bits per heavy atom. The molecule has 0 unspecified atom stereocenters. The Labute approximate surface area is 129 Å². The van der Waals surface area contributed by atoms with Gasteiger partial charge in [0.1, 0.15) is 5.75 Å². The predicted octanol–water partition coefficient (Wildman–Crippen LogP) is 5.33. The fourth-order valence-corrected chi connectivity index (χ4v) is 2.16. The number of halogens is 5. The summed E-state index contributed by atoms with van der Waals surface area (Å²) in [5, 5.41) is 12.9. The zero-order chi connectivity index (χ0) is 15.6. The average molecular weight is 336 g/mol. The fourth-order valence-electron chi connectivity index (χ4n) is 1.72. The first kappa shape index (κ1) is 15.8. The molecule has 2 nitrogen and oxygen atoms in total. The molecule has 112 valence electrons. The number of aromatic hydroxyl groups is 1. The molecule has 0 aromatic heterocycles. The van der Waals surface area contributed by atoms with Gasteiger partial charge in [0.05, 0.1) is 16.3 Å². The lowest BCUT2D eigenvalue weighted by Crippen LogP contribution is -2.06. The highest BCUT2D eigenvalue weighted by Gasteiger charge is 2.30. The van der Waals surface area contributed by atoms with Crippen LogP contribution < -0.4 is 5.32 Å². The number of benzene rings is 2. The van der Waals surface area contributed by atoms with E-state index in [0.717, 1.165) is 12.1 Å². The molecule has 2 aromatic carbocycles. The SMILES string of the molecule is Oc1ccc(Cl)cc1CNc1ccc(C(F)(F)F)cc1Cl. The van der Waals surface area contributed by atoms with Crippen molar-refractivity contribution in [3.05, 3.63) is 57.6 Å². The van der Waals surface area contributed by atoms with Gasteiger partial charge in [-0.05, 0) is 36.4 Å². The van der Waals surface area contributed by atoms with Crippen molar-refractivity contribution in [2.24, 2.45) is 0 Å². The first-order valence-corrected chi connectivity index (χ1v) is 6.61.